The third-order valence-corrected chi connectivity index (χ3v) is 4.76. The fraction of sp³-hybridized carbons (Fsp3) is 0.368. The van der Waals surface area contributed by atoms with E-state index in [0.717, 1.165) is 17.9 Å². The second-order valence-corrected chi connectivity index (χ2v) is 6.62. The normalized spacial score (nSPS) is 18.6. The highest BCUT2D eigenvalue weighted by Gasteiger charge is 2.24. The molecule has 0 fully saturated rings. The highest BCUT2D eigenvalue weighted by molar-refractivity contribution is 6.30. The van der Waals surface area contributed by atoms with Crippen LogP contribution in [0.25, 0.3) is 0 Å². The molecule has 2 aromatic carbocycles. The van der Waals surface area contributed by atoms with Crippen LogP contribution in [-0.2, 0) is 6.42 Å². The second-order valence-electron chi connectivity index (χ2n) is 6.18. The molecule has 0 aliphatic heterocycles. The third kappa shape index (κ3) is 3.00. The number of fused-ring (bicyclic) bond motifs is 1. The summed E-state index contributed by atoms with van der Waals surface area (Å²) in [7, 11) is 0. The Morgan fingerprint density at radius 1 is 1.14 bits per heavy atom. The van der Waals surface area contributed by atoms with Gasteiger partial charge in [-0.25, -0.2) is 0 Å². The van der Waals surface area contributed by atoms with Crippen molar-refractivity contribution in [2.24, 2.45) is 0 Å². The number of halogens is 1. The molecular weight excluding hydrogens is 278 g/mol. The topological polar surface area (TPSA) is 12.0 Å². The van der Waals surface area contributed by atoms with Crippen LogP contribution < -0.4 is 5.32 Å². The zero-order valence-electron chi connectivity index (χ0n) is 12.9. The van der Waals surface area contributed by atoms with Crippen molar-refractivity contribution in [1.82, 2.24) is 5.32 Å². The first-order valence-corrected chi connectivity index (χ1v) is 8.04. The summed E-state index contributed by atoms with van der Waals surface area (Å²) in [5.74, 6) is 0. The Morgan fingerprint density at radius 3 is 2.71 bits per heavy atom. The molecule has 0 heterocycles. The molecule has 2 aromatic rings. The fourth-order valence-corrected chi connectivity index (χ4v) is 3.66. The van der Waals surface area contributed by atoms with Gasteiger partial charge in [0, 0.05) is 17.1 Å². The van der Waals surface area contributed by atoms with E-state index in [4.69, 9.17) is 11.6 Å². The number of benzene rings is 2. The molecule has 3 rings (SSSR count). The predicted molar refractivity (Wildman–Crippen MR) is 90.0 cm³/mol. The van der Waals surface area contributed by atoms with Gasteiger partial charge in [-0.1, -0.05) is 41.4 Å². The lowest BCUT2D eigenvalue weighted by Gasteiger charge is -2.22. The van der Waals surface area contributed by atoms with Crippen LogP contribution in [0, 0.1) is 13.8 Å². The van der Waals surface area contributed by atoms with Crippen molar-refractivity contribution < 1.29 is 0 Å². The third-order valence-electron chi connectivity index (χ3n) is 4.53. The van der Waals surface area contributed by atoms with Crippen LogP contribution in [0.2, 0.25) is 5.02 Å². The summed E-state index contributed by atoms with van der Waals surface area (Å²) in [6.45, 7) is 6.60. The van der Waals surface area contributed by atoms with Crippen LogP contribution >= 0.6 is 11.6 Å². The maximum Gasteiger partial charge on any atom is 0.0408 e. The molecule has 2 unspecified atom stereocenters. The number of nitrogens with one attached hydrogen (secondary N) is 1. The van der Waals surface area contributed by atoms with Gasteiger partial charge >= 0.3 is 0 Å². The highest BCUT2D eigenvalue weighted by atomic mass is 35.5. The van der Waals surface area contributed by atoms with Gasteiger partial charge in [0.15, 0.2) is 0 Å². The molecule has 0 saturated carbocycles. The van der Waals surface area contributed by atoms with Gasteiger partial charge in [-0.2, -0.15) is 0 Å². The van der Waals surface area contributed by atoms with Crippen molar-refractivity contribution in [2.45, 2.75) is 45.7 Å². The molecule has 21 heavy (non-hydrogen) atoms. The van der Waals surface area contributed by atoms with E-state index in [1.165, 1.54) is 27.8 Å². The van der Waals surface area contributed by atoms with Crippen molar-refractivity contribution in [3.8, 4) is 0 Å². The van der Waals surface area contributed by atoms with Gasteiger partial charge in [0.2, 0.25) is 0 Å². The molecule has 1 nitrogen and oxygen atoms in total. The first kappa shape index (κ1) is 14.6. The Labute approximate surface area is 132 Å². The Hall–Kier alpha value is -1.31. The van der Waals surface area contributed by atoms with Gasteiger partial charge < -0.3 is 5.32 Å². The highest BCUT2D eigenvalue weighted by Crippen LogP contribution is 2.34. The molecule has 0 radical (unpaired) electrons. The maximum absolute atomic E-state index is 6.09. The van der Waals surface area contributed by atoms with Crippen LogP contribution in [0.4, 0.5) is 0 Å². The van der Waals surface area contributed by atoms with E-state index in [0.29, 0.717) is 12.1 Å². The van der Waals surface area contributed by atoms with E-state index < -0.39 is 0 Å². The van der Waals surface area contributed by atoms with Crippen molar-refractivity contribution in [3.05, 3.63) is 69.2 Å². The average molecular weight is 300 g/mol. The van der Waals surface area contributed by atoms with E-state index in [1.807, 2.05) is 6.07 Å². The van der Waals surface area contributed by atoms with Crippen LogP contribution in [0.1, 0.15) is 53.2 Å². The van der Waals surface area contributed by atoms with E-state index in [9.17, 15) is 0 Å². The number of rotatable bonds is 3. The lowest BCUT2D eigenvalue weighted by Crippen LogP contribution is -2.23. The van der Waals surface area contributed by atoms with Gasteiger partial charge in [0.1, 0.15) is 0 Å². The summed E-state index contributed by atoms with van der Waals surface area (Å²) in [4.78, 5) is 0. The first-order chi connectivity index (χ1) is 10.0. The van der Waals surface area contributed by atoms with E-state index in [-0.39, 0.29) is 0 Å². The molecule has 2 heteroatoms. The molecule has 0 aromatic heterocycles. The Bertz CT molecular complexity index is 663. The lowest BCUT2D eigenvalue weighted by molar-refractivity contribution is 0.464. The summed E-state index contributed by atoms with van der Waals surface area (Å²) in [5.41, 5.74) is 6.89. The number of hydrogen-bond donors (Lipinski definition) is 1. The summed E-state index contributed by atoms with van der Waals surface area (Å²) in [6.07, 6.45) is 2.28. The standard InChI is InChI=1S/C19H22ClN/c1-12-4-7-17(13(2)10-12)14(3)21-19-9-5-15-11-16(20)6-8-18(15)19/h4,6-8,10-11,14,19,21H,5,9H2,1-3H3. The van der Waals surface area contributed by atoms with Crippen LogP contribution in [0.3, 0.4) is 0 Å². The van der Waals surface area contributed by atoms with Crippen LogP contribution in [0.5, 0.6) is 0 Å². The van der Waals surface area contributed by atoms with Crippen LogP contribution in [-0.4, -0.2) is 0 Å². The minimum atomic E-state index is 0.359. The first-order valence-electron chi connectivity index (χ1n) is 7.66. The van der Waals surface area contributed by atoms with Crippen molar-refractivity contribution in [1.29, 1.82) is 0 Å². The molecule has 1 aliphatic carbocycles. The largest absolute Gasteiger partial charge is 0.303 e. The summed E-state index contributed by atoms with van der Waals surface area (Å²) >= 11 is 6.09. The Balaban J connectivity index is 1.79. The van der Waals surface area contributed by atoms with Crippen LogP contribution in [0.15, 0.2) is 36.4 Å². The minimum absolute atomic E-state index is 0.359. The molecular formula is C19H22ClN. The summed E-state index contributed by atoms with van der Waals surface area (Å²) in [5, 5.41) is 4.63. The smallest absolute Gasteiger partial charge is 0.0408 e. The molecule has 0 spiro atoms. The van der Waals surface area contributed by atoms with Gasteiger partial charge in [0.05, 0.1) is 0 Å². The molecule has 110 valence electrons. The van der Waals surface area contributed by atoms with Crippen molar-refractivity contribution in [2.75, 3.05) is 0 Å². The fourth-order valence-electron chi connectivity index (χ4n) is 3.46. The second kappa shape index (κ2) is 5.82. The molecule has 0 saturated heterocycles. The van der Waals surface area contributed by atoms with Gasteiger partial charge in [-0.15, -0.1) is 0 Å². The SMILES string of the molecule is Cc1ccc(C(C)NC2CCc3cc(Cl)ccc32)c(C)c1. The Morgan fingerprint density at radius 2 is 1.95 bits per heavy atom. The van der Waals surface area contributed by atoms with Crippen molar-refractivity contribution >= 4 is 11.6 Å². The number of aryl methyl sites for hydroxylation is 3. The van der Waals surface area contributed by atoms with Gasteiger partial charge in [-0.3, -0.25) is 0 Å². The zero-order valence-corrected chi connectivity index (χ0v) is 13.7. The summed E-state index contributed by atoms with van der Waals surface area (Å²) < 4.78 is 0. The maximum atomic E-state index is 6.09. The predicted octanol–water partition coefficient (Wildman–Crippen LogP) is 5.29. The molecule has 2 atom stereocenters. The van der Waals surface area contributed by atoms with E-state index in [2.05, 4.69) is 56.4 Å². The average Bonchev–Trinajstić information content (AvgIpc) is 2.80. The van der Waals surface area contributed by atoms with Gasteiger partial charge in [0.25, 0.3) is 0 Å². The molecule has 1 aliphatic rings. The van der Waals surface area contributed by atoms with E-state index >= 15 is 0 Å². The number of hydrogen-bond acceptors (Lipinski definition) is 1. The molecule has 0 bridgehead atoms. The van der Waals surface area contributed by atoms with Crippen molar-refractivity contribution in [3.63, 3.8) is 0 Å². The molecule has 1 N–H and O–H groups in total. The quantitative estimate of drug-likeness (QED) is 0.811. The molecule has 0 amide bonds. The zero-order chi connectivity index (χ0) is 15.0. The van der Waals surface area contributed by atoms with E-state index in [1.54, 1.807) is 0 Å². The monoisotopic (exact) mass is 299 g/mol. The lowest BCUT2D eigenvalue weighted by atomic mass is 9.99. The van der Waals surface area contributed by atoms with Gasteiger partial charge in [-0.05, 0) is 68.0 Å². The Kier molecular flexibility index (Phi) is 4.05. The summed E-state index contributed by atoms with van der Waals surface area (Å²) in [6, 6.07) is 13.8. The minimum Gasteiger partial charge on any atom is -0.303 e.